The molecule has 0 saturated heterocycles. The monoisotopic (exact) mass is 316 g/mol. The molecule has 3 rings (SSSR count). The van der Waals surface area contributed by atoms with Crippen LogP contribution in [0.15, 0.2) is 53.4 Å². The topological polar surface area (TPSA) is 43.4 Å². The van der Waals surface area contributed by atoms with Crippen LogP contribution < -0.4 is 0 Å². The van der Waals surface area contributed by atoms with E-state index in [0.29, 0.717) is 0 Å². The van der Waals surface area contributed by atoms with Crippen LogP contribution >= 0.6 is 0 Å². The van der Waals surface area contributed by atoms with Gasteiger partial charge >= 0.3 is 0 Å². The molecule has 22 heavy (non-hydrogen) atoms. The molecule has 0 amide bonds. The number of hydrogen-bond donors (Lipinski definition) is 0. The summed E-state index contributed by atoms with van der Waals surface area (Å²) in [5, 5.41) is 0. The van der Waals surface area contributed by atoms with E-state index < -0.39 is 10.1 Å². The summed E-state index contributed by atoms with van der Waals surface area (Å²) in [5.74, 6) is 0.259. The minimum atomic E-state index is -3.65. The van der Waals surface area contributed by atoms with Crippen LogP contribution in [0.1, 0.15) is 23.1 Å². The lowest BCUT2D eigenvalue weighted by atomic mass is 9.84. The third kappa shape index (κ3) is 3.39. The van der Waals surface area contributed by atoms with E-state index in [4.69, 9.17) is 4.18 Å². The van der Waals surface area contributed by atoms with Crippen LogP contribution in [0.4, 0.5) is 0 Å². The molecule has 0 radical (unpaired) electrons. The summed E-state index contributed by atoms with van der Waals surface area (Å²) < 4.78 is 29.7. The Hall–Kier alpha value is -1.65. The molecule has 0 bridgehead atoms. The van der Waals surface area contributed by atoms with Crippen molar-refractivity contribution < 1.29 is 12.6 Å². The molecular formula is C18H20O3S. The van der Waals surface area contributed by atoms with Gasteiger partial charge in [0.1, 0.15) is 0 Å². The van der Waals surface area contributed by atoms with Crippen LogP contribution in [0.25, 0.3) is 0 Å². The van der Waals surface area contributed by atoms with Gasteiger partial charge in [-0.3, -0.25) is 4.18 Å². The van der Waals surface area contributed by atoms with Crippen LogP contribution in [0.2, 0.25) is 0 Å². The normalized spacial score (nSPS) is 18.0. The molecule has 116 valence electrons. The number of fused-ring (bicyclic) bond motifs is 1. The van der Waals surface area contributed by atoms with E-state index in [1.54, 1.807) is 24.3 Å². The Labute approximate surface area is 132 Å². The van der Waals surface area contributed by atoms with Gasteiger partial charge < -0.3 is 0 Å². The van der Waals surface area contributed by atoms with Crippen LogP contribution in [-0.4, -0.2) is 15.0 Å². The highest BCUT2D eigenvalue weighted by Crippen LogP contribution is 2.26. The summed E-state index contributed by atoms with van der Waals surface area (Å²) in [6, 6.07) is 15.1. The molecular weight excluding hydrogens is 296 g/mol. The first-order chi connectivity index (χ1) is 10.5. The third-order valence-corrected chi connectivity index (χ3v) is 5.51. The average Bonchev–Trinajstić information content (AvgIpc) is 2.53. The maximum Gasteiger partial charge on any atom is 0.296 e. The molecule has 1 aliphatic rings. The highest BCUT2D eigenvalue weighted by Gasteiger charge is 2.22. The first-order valence-corrected chi connectivity index (χ1v) is 8.98. The van der Waals surface area contributed by atoms with Crippen molar-refractivity contribution in [2.75, 3.05) is 6.61 Å². The summed E-state index contributed by atoms with van der Waals surface area (Å²) in [5.41, 5.74) is 3.72. The molecule has 0 aromatic heterocycles. The number of hydrogen-bond acceptors (Lipinski definition) is 3. The molecule has 0 fully saturated rings. The van der Waals surface area contributed by atoms with E-state index in [1.807, 2.05) is 13.0 Å². The van der Waals surface area contributed by atoms with Gasteiger partial charge in [-0.25, -0.2) is 0 Å². The maximum absolute atomic E-state index is 12.2. The van der Waals surface area contributed by atoms with Crippen molar-refractivity contribution in [3.63, 3.8) is 0 Å². The first-order valence-electron chi connectivity index (χ1n) is 7.57. The van der Waals surface area contributed by atoms with Gasteiger partial charge in [0.15, 0.2) is 0 Å². The number of benzene rings is 2. The van der Waals surface area contributed by atoms with E-state index in [2.05, 4.69) is 18.2 Å². The molecule has 2 aromatic rings. The van der Waals surface area contributed by atoms with Gasteiger partial charge in [-0.05, 0) is 55.4 Å². The average molecular weight is 316 g/mol. The molecule has 0 saturated carbocycles. The van der Waals surface area contributed by atoms with Gasteiger partial charge in [0.05, 0.1) is 11.5 Å². The van der Waals surface area contributed by atoms with Gasteiger partial charge in [0, 0.05) is 0 Å². The quantitative estimate of drug-likeness (QED) is 0.811. The first kappa shape index (κ1) is 15.3. The Balaban J connectivity index is 1.64. The number of aryl methyl sites for hydroxylation is 2. The summed E-state index contributed by atoms with van der Waals surface area (Å²) >= 11 is 0. The van der Waals surface area contributed by atoms with Gasteiger partial charge in [-0.2, -0.15) is 8.42 Å². The van der Waals surface area contributed by atoms with Crippen molar-refractivity contribution in [1.82, 2.24) is 0 Å². The lowest BCUT2D eigenvalue weighted by Gasteiger charge is -2.24. The Bertz CT molecular complexity index is 748. The van der Waals surface area contributed by atoms with Crippen molar-refractivity contribution in [1.29, 1.82) is 0 Å². The molecule has 0 aliphatic heterocycles. The summed E-state index contributed by atoms with van der Waals surface area (Å²) in [7, 11) is -3.65. The van der Waals surface area contributed by atoms with Gasteiger partial charge in [0.25, 0.3) is 10.1 Å². The van der Waals surface area contributed by atoms with Gasteiger partial charge in [-0.1, -0.05) is 42.0 Å². The molecule has 3 nitrogen and oxygen atoms in total. The number of rotatable bonds is 4. The Morgan fingerprint density at radius 1 is 1.05 bits per heavy atom. The van der Waals surface area contributed by atoms with Crippen molar-refractivity contribution in [3.8, 4) is 0 Å². The molecule has 0 N–H and O–H groups in total. The minimum absolute atomic E-state index is 0.231. The summed E-state index contributed by atoms with van der Waals surface area (Å²) in [6.45, 7) is 2.18. The second-order valence-corrected chi connectivity index (χ2v) is 7.54. The Morgan fingerprint density at radius 3 is 2.45 bits per heavy atom. The molecule has 1 atom stereocenters. The highest BCUT2D eigenvalue weighted by molar-refractivity contribution is 7.86. The predicted molar refractivity (Wildman–Crippen MR) is 86.3 cm³/mol. The second-order valence-electron chi connectivity index (χ2n) is 5.93. The zero-order chi connectivity index (χ0) is 15.6. The standard InChI is InChI=1S/C18H20O3S/c1-14-6-10-18(11-7-14)22(19,20)21-13-15-8-9-16-4-2-3-5-17(16)12-15/h2-7,10-11,15H,8-9,12-13H2,1H3. The Kier molecular flexibility index (Phi) is 4.32. The molecule has 4 heteroatoms. The van der Waals surface area contributed by atoms with Crippen LogP contribution in [0.5, 0.6) is 0 Å². The molecule has 1 aliphatic carbocycles. The minimum Gasteiger partial charge on any atom is -0.266 e. The fourth-order valence-corrected chi connectivity index (χ4v) is 3.85. The molecule has 1 unspecified atom stereocenters. The van der Waals surface area contributed by atoms with Crippen molar-refractivity contribution in [2.24, 2.45) is 5.92 Å². The fourth-order valence-electron chi connectivity index (χ4n) is 2.87. The van der Waals surface area contributed by atoms with E-state index in [0.717, 1.165) is 24.8 Å². The predicted octanol–water partition coefficient (Wildman–Crippen LogP) is 3.51. The van der Waals surface area contributed by atoms with Crippen LogP contribution in [0.3, 0.4) is 0 Å². The molecule has 0 spiro atoms. The van der Waals surface area contributed by atoms with E-state index in [9.17, 15) is 8.42 Å². The van der Waals surface area contributed by atoms with Crippen molar-refractivity contribution in [2.45, 2.75) is 31.1 Å². The summed E-state index contributed by atoms with van der Waals surface area (Å²) in [6.07, 6.45) is 2.86. The second kappa shape index (κ2) is 6.23. The largest absolute Gasteiger partial charge is 0.296 e. The summed E-state index contributed by atoms with van der Waals surface area (Å²) in [4.78, 5) is 0.231. The molecule has 0 heterocycles. The lowest BCUT2D eigenvalue weighted by molar-refractivity contribution is 0.239. The SMILES string of the molecule is Cc1ccc(S(=O)(=O)OCC2CCc3ccccc3C2)cc1. The van der Waals surface area contributed by atoms with E-state index >= 15 is 0 Å². The maximum atomic E-state index is 12.2. The van der Waals surface area contributed by atoms with Crippen LogP contribution in [-0.2, 0) is 27.1 Å². The molecule has 2 aromatic carbocycles. The van der Waals surface area contributed by atoms with Crippen LogP contribution in [0, 0.1) is 12.8 Å². The fraction of sp³-hybridized carbons (Fsp3) is 0.333. The van der Waals surface area contributed by atoms with Gasteiger partial charge in [-0.15, -0.1) is 0 Å². The zero-order valence-electron chi connectivity index (χ0n) is 12.7. The third-order valence-electron chi connectivity index (χ3n) is 4.22. The van der Waals surface area contributed by atoms with Crippen molar-refractivity contribution >= 4 is 10.1 Å². The highest BCUT2D eigenvalue weighted by atomic mass is 32.2. The smallest absolute Gasteiger partial charge is 0.266 e. The van der Waals surface area contributed by atoms with Crippen molar-refractivity contribution in [3.05, 3.63) is 65.2 Å². The van der Waals surface area contributed by atoms with Gasteiger partial charge in [0.2, 0.25) is 0 Å². The Morgan fingerprint density at radius 2 is 1.73 bits per heavy atom. The van der Waals surface area contributed by atoms with E-state index in [1.165, 1.54) is 11.1 Å². The lowest BCUT2D eigenvalue weighted by Crippen LogP contribution is -2.21. The zero-order valence-corrected chi connectivity index (χ0v) is 13.5. The van der Waals surface area contributed by atoms with E-state index in [-0.39, 0.29) is 17.4 Å².